The van der Waals surface area contributed by atoms with Crippen molar-refractivity contribution in [2.24, 2.45) is 16.0 Å². The van der Waals surface area contributed by atoms with Gasteiger partial charge in [0.2, 0.25) is 0 Å². The third-order valence-corrected chi connectivity index (χ3v) is 5.25. The Balaban J connectivity index is 3.56. The van der Waals surface area contributed by atoms with Crippen LogP contribution in [0.25, 0.3) is 0 Å². The first-order valence-corrected chi connectivity index (χ1v) is 7.71. The van der Waals surface area contributed by atoms with E-state index in [0.29, 0.717) is 0 Å². The summed E-state index contributed by atoms with van der Waals surface area (Å²) in [4.78, 5) is 22.7. The Kier molecular flexibility index (Phi) is 6.15. The van der Waals surface area contributed by atoms with Crippen LogP contribution in [0.5, 0.6) is 0 Å². The van der Waals surface area contributed by atoms with Gasteiger partial charge in [-0.3, -0.25) is 4.57 Å². The molecular formula is C13H16N3O5P. The van der Waals surface area contributed by atoms with Gasteiger partial charge in [-0.15, -0.1) is 5.11 Å². The molecule has 0 saturated carbocycles. The molecular weight excluding hydrogens is 309 g/mol. The molecule has 0 spiro atoms. The van der Waals surface area contributed by atoms with E-state index in [4.69, 9.17) is 10.3 Å². The lowest BCUT2D eigenvalue weighted by Crippen LogP contribution is -2.16. The number of benzene rings is 1. The number of primary amides is 1. The van der Waals surface area contributed by atoms with E-state index < -0.39 is 19.4 Å². The number of ether oxygens (including phenoxy) is 1. The fourth-order valence-electron chi connectivity index (χ4n) is 1.70. The summed E-state index contributed by atoms with van der Waals surface area (Å²) in [7, 11) is -1.42. The highest BCUT2D eigenvalue weighted by atomic mass is 31.2. The highest BCUT2D eigenvalue weighted by Gasteiger charge is 2.37. The SMILES string of the molecule is COC(=O)/C(=C(/C)N=NC(N)=O)P(=O)(OC)c1ccccc1. The number of esters is 1. The smallest absolute Gasteiger partial charge is 0.356 e. The lowest BCUT2D eigenvalue weighted by Gasteiger charge is -2.19. The van der Waals surface area contributed by atoms with Crippen LogP contribution in [-0.4, -0.2) is 26.2 Å². The number of hydrogen-bond donors (Lipinski definition) is 1. The molecule has 0 fully saturated rings. The molecule has 1 rings (SSSR count). The maximum atomic E-state index is 13.2. The molecule has 9 heteroatoms. The number of hydrogen-bond acceptors (Lipinski definition) is 6. The number of amides is 2. The zero-order chi connectivity index (χ0) is 16.8. The third-order valence-electron chi connectivity index (χ3n) is 2.67. The summed E-state index contributed by atoms with van der Waals surface area (Å²) in [6, 6.07) is 7.07. The topological polar surface area (TPSA) is 120 Å². The second-order valence-corrected chi connectivity index (χ2v) is 6.47. The Morgan fingerprint density at radius 3 is 2.18 bits per heavy atom. The number of methoxy groups -OCH3 is 1. The summed E-state index contributed by atoms with van der Waals surface area (Å²) < 4.78 is 22.9. The predicted molar refractivity (Wildman–Crippen MR) is 79.8 cm³/mol. The van der Waals surface area contributed by atoms with Crippen LogP contribution < -0.4 is 11.0 Å². The first-order valence-electron chi connectivity index (χ1n) is 6.09. The highest BCUT2D eigenvalue weighted by molar-refractivity contribution is 7.72. The van der Waals surface area contributed by atoms with Crippen molar-refractivity contribution in [2.45, 2.75) is 6.92 Å². The van der Waals surface area contributed by atoms with Crippen molar-refractivity contribution in [1.82, 2.24) is 0 Å². The van der Waals surface area contributed by atoms with Crippen molar-refractivity contribution in [3.63, 3.8) is 0 Å². The van der Waals surface area contributed by atoms with Crippen molar-refractivity contribution in [1.29, 1.82) is 0 Å². The van der Waals surface area contributed by atoms with E-state index in [0.717, 1.165) is 7.11 Å². The van der Waals surface area contributed by atoms with Gasteiger partial charge in [-0.1, -0.05) is 23.3 Å². The second-order valence-electron chi connectivity index (χ2n) is 4.03. The molecule has 0 heterocycles. The zero-order valence-electron chi connectivity index (χ0n) is 12.3. The Morgan fingerprint density at radius 2 is 1.73 bits per heavy atom. The van der Waals surface area contributed by atoms with E-state index in [2.05, 4.69) is 15.0 Å². The highest BCUT2D eigenvalue weighted by Crippen LogP contribution is 2.54. The molecule has 1 aromatic carbocycles. The number of nitrogens with zero attached hydrogens (tertiary/aromatic N) is 2. The fourth-order valence-corrected chi connectivity index (χ4v) is 3.72. The summed E-state index contributed by atoms with van der Waals surface area (Å²) in [6.07, 6.45) is 0. The molecule has 8 nitrogen and oxygen atoms in total. The van der Waals surface area contributed by atoms with Crippen LogP contribution >= 0.6 is 7.37 Å². The summed E-state index contributed by atoms with van der Waals surface area (Å²) in [5, 5.41) is 6.61. The molecule has 1 unspecified atom stereocenters. The average Bonchev–Trinajstić information content (AvgIpc) is 2.53. The number of carbonyl (C=O) groups is 2. The van der Waals surface area contributed by atoms with Gasteiger partial charge in [-0.05, 0) is 19.1 Å². The van der Waals surface area contributed by atoms with Gasteiger partial charge in [0.05, 0.1) is 12.8 Å². The normalized spacial score (nSPS) is 15.0. The zero-order valence-corrected chi connectivity index (χ0v) is 13.2. The van der Waals surface area contributed by atoms with E-state index in [1.54, 1.807) is 30.3 Å². The largest absolute Gasteiger partial charge is 0.465 e. The van der Waals surface area contributed by atoms with Crippen LogP contribution in [0.4, 0.5) is 4.79 Å². The third kappa shape index (κ3) is 3.87. The lowest BCUT2D eigenvalue weighted by atomic mass is 10.4. The van der Waals surface area contributed by atoms with Crippen LogP contribution in [0, 0.1) is 0 Å². The molecule has 0 aliphatic carbocycles. The number of urea groups is 1. The second kappa shape index (κ2) is 7.63. The summed E-state index contributed by atoms with van der Waals surface area (Å²) in [6.45, 7) is 1.35. The molecule has 0 aliphatic heterocycles. The summed E-state index contributed by atoms with van der Waals surface area (Å²) >= 11 is 0. The number of nitrogens with two attached hydrogens (primary N) is 1. The first kappa shape index (κ1) is 17.7. The van der Waals surface area contributed by atoms with Crippen LogP contribution in [-0.2, 0) is 18.6 Å². The number of azo groups is 1. The van der Waals surface area contributed by atoms with E-state index in [1.165, 1.54) is 14.0 Å². The molecule has 1 atom stereocenters. The molecule has 0 bridgehead atoms. The number of carbonyl (C=O) groups excluding carboxylic acids is 2. The minimum atomic E-state index is -3.75. The van der Waals surface area contributed by atoms with Gasteiger partial charge in [-0.25, -0.2) is 9.59 Å². The van der Waals surface area contributed by atoms with Gasteiger partial charge in [0.25, 0.3) is 7.37 Å². The molecule has 2 amide bonds. The minimum absolute atomic E-state index is 0.0836. The van der Waals surface area contributed by atoms with Crippen LogP contribution in [0.2, 0.25) is 0 Å². The maximum Gasteiger partial charge on any atom is 0.356 e. The van der Waals surface area contributed by atoms with Crippen molar-refractivity contribution in [2.75, 3.05) is 14.2 Å². The van der Waals surface area contributed by atoms with Crippen LogP contribution in [0.15, 0.2) is 51.6 Å². The fraction of sp³-hybridized carbons (Fsp3) is 0.231. The van der Waals surface area contributed by atoms with Crippen molar-refractivity contribution < 1.29 is 23.4 Å². The van der Waals surface area contributed by atoms with Gasteiger partial charge in [0.15, 0.2) is 0 Å². The Hall–Kier alpha value is -2.31. The van der Waals surface area contributed by atoms with Gasteiger partial charge < -0.3 is 15.0 Å². The first-order chi connectivity index (χ1) is 10.4. The standard InChI is InChI=1S/C13H16N3O5P/c1-9(15-16-13(14)18)11(12(17)20-2)22(19,21-3)10-7-5-4-6-8-10/h4-8H,1-3H3,(H2,14,18)/b11-9+,16-15?. The Morgan fingerprint density at radius 1 is 1.14 bits per heavy atom. The molecule has 2 N–H and O–H groups in total. The Bertz CT molecular complexity index is 670. The molecule has 0 saturated heterocycles. The van der Waals surface area contributed by atoms with E-state index >= 15 is 0 Å². The average molecular weight is 325 g/mol. The monoisotopic (exact) mass is 325 g/mol. The summed E-state index contributed by atoms with van der Waals surface area (Å²) in [5.41, 5.74) is 4.78. The van der Waals surface area contributed by atoms with Gasteiger partial charge in [-0.2, -0.15) is 0 Å². The minimum Gasteiger partial charge on any atom is -0.465 e. The molecule has 0 aromatic heterocycles. The van der Waals surface area contributed by atoms with Crippen molar-refractivity contribution in [3.8, 4) is 0 Å². The molecule has 22 heavy (non-hydrogen) atoms. The molecule has 0 aliphatic rings. The van der Waals surface area contributed by atoms with Gasteiger partial charge >= 0.3 is 12.0 Å². The molecule has 1 aromatic rings. The van der Waals surface area contributed by atoms with Gasteiger partial charge in [0, 0.05) is 12.4 Å². The van der Waals surface area contributed by atoms with Crippen molar-refractivity contribution >= 4 is 24.7 Å². The van der Waals surface area contributed by atoms with E-state index in [1.807, 2.05) is 0 Å². The van der Waals surface area contributed by atoms with E-state index in [9.17, 15) is 14.2 Å². The Labute approximate surface area is 127 Å². The summed E-state index contributed by atoms with van der Waals surface area (Å²) in [5.74, 6) is -0.894. The van der Waals surface area contributed by atoms with Gasteiger partial charge in [0.1, 0.15) is 5.31 Å². The van der Waals surface area contributed by atoms with Crippen LogP contribution in [0.1, 0.15) is 6.92 Å². The van der Waals surface area contributed by atoms with E-state index in [-0.39, 0.29) is 16.3 Å². The number of rotatable bonds is 5. The quantitative estimate of drug-likeness (QED) is 0.385. The van der Waals surface area contributed by atoms with Crippen LogP contribution in [0.3, 0.4) is 0 Å². The molecule has 118 valence electrons. The predicted octanol–water partition coefficient (Wildman–Crippen LogP) is 2.17. The van der Waals surface area contributed by atoms with Crippen molar-refractivity contribution in [3.05, 3.63) is 41.3 Å². The maximum absolute atomic E-state index is 13.2. The molecule has 0 radical (unpaired) electrons. The number of allylic oxidation sites excluding steroid dienone is 1. The lowest BCUT2D eigenvalue weighted by molar-refractivity contribution is -0.135.